The second-order valence-electron chi connectivity index (χ2n) is 13.9. The zero-order valence-corrected chi connectivity index (χ0v) is 33.3. The minimum atomic E-state index is -1.36. The summed E-state index contributed by atoms with van der Waals surface area (Å²) in [5.41, 5.74) is 12.9. The number of hydrogen-bond acceptors (Lipinski definition) is 10. The first-order chi connectivity index (χ1) is 28.2. The highest BCUT2D eigenvalue weighted by molar-refractivity contribution is 7.80. The van der Waals surface area contributed by atoms with E-state index in [2.05, 4.69) is 54.5 Å². The smallest absolute Gasteiger partial charge is 0.326 e. The molecule has 4 aromatic rings. The number of benzene rings is 3. The standard InChI is InChI=1S/C40H51N11O7S/c1-23(47-35(53)29(41)21-59)34(52)49-32(19-28-20-44-22-46-28)38(56)50-31(17-24-8-3-2-4-9-24)37(55)48-30(12-7-15-45-40(42)43)36(54)51-33(39(57)58)18-25-13-14-26-10-5-6-11-27(26)16-25/h2-6,8-11,13-14,16,20,22-23,29-33,59H,7,12,15,17-19,21,41H2,1H3,(H,44,46)(H,47,53)(H,48,55)(H,49,52)(H,50,56)(H,51,54)(H,57,58)(H4,42,43,45)/t23-,29+,30+,31-,32+,33+/m1/s1. The molecule has 19 heteroatoms. The highest BCUT2D eigenvalue weighted by atomic mass is 32.1. The van der Waals surface area contributed by atoms with E-state index in [0.717, 1.165) is 10.8 Å². The molecule has 0 spiro atoms. The fraction of sp³-hybridized carbons (Fsp3) is 0.350. The molecule has 0 saturated heterocycles. The number of nitrogens with one attached hydrogen (secondary N) is 8. The Bertz CT molecular complexity index is 2070. The number of aromatic amines is 1. The molecule has 0 radical (unpaired) electrons. The molecule has 4 rings (SSSR count). The number of amides is 5. The summed E-state index contributed by atoms with van der Waals surface area (Å²) < 4.78 is 0. The minimum absolute atomic E-state index is 0.00446. The Balaban J connectivity index is 1.56. The lowest BCUT2D eigenvalue weighted by Gasteiger charge is -2.27. The maximum absolute atomic E-state index is 14.2. The molecule has 0 aliphatic heterocycles. The first kappa shape index (κ1) is 45.2. The summed E-state index contributed by atoms with van der Waals surface area (Å²) in [6.07, 6.45) is 3.00. The van der Waals surface area contributed by atoms with Crippen LogP contribution in [0.4, 0.5) is 0 Å². The predicted molar refractivity (Wildman–Crippen MR) is 224 cm³/mol. The molecule has 0 bridgehead atoms. The lowest BCUT2D eigenvalue weighted by atomic mass is 10.0. The second-order valence-corrected chi connectivity index (χ2v) is 14.3. The molecule has 18 nitrogen and oxygen atoms in total. The van der Waals surface area contributed by atoms with Crippen molar-refractivity contribution >= 4 is 64.9 Å². The minimum Gasteiger partial charge on any atom is -0.480 e. The first-order valence-corrected chi connectivity index (χ1v) is 19.6. The number of guanidine groups is 1. The summed E-state index contributed by atoms with van der Waals surface area (Å²) in [4.78, 5) is 87.1. The predicted octanol–water partition coefficient (Wildman–Crippen LogP) is -0.360. The number of aromatic nitrogens is 2. The van der Waals surface area contributed by atoms with Gasteiger partial charge in [-0.2, -0.15) is 12.6 Å². The van der Waals surface area contributed by atoms with E-state index in [0.29, 0.717) is 16.8 Å². The Morgan fingerprint density at radius 2 is 1.34 bits per heavy atom. The van der Waals surface area contributed by atoms with Crippen molar-refractivity contribution < 1.29 is 33.9 Å². The molecule has 59 heavy (non-hydrogen) atoms. The van der Waals surface area contributed by atoms with Gasteiger partial charge in [0.15, 0.2) is 5.96 Å². The van der Waals surface area contributed by atoms with E-state index in [1.807, 2.05) is 36.4 Å². The Kier molecular flexibility index (Phi) is 17.2. The number of carboxylic acids is 1. The number of carbonyl (C=O) groups excluding carboxylic acids is 5. The van der Waals surface area contributed by atoms with Crippen LogP contribution in [0.25, 0.3) is 10.8 Å². The molecule has 314 valence electrons. The molecule has 5 amide bonds. The topological polar surface area (TPSA) is 299 Å². The van der Waals surface area contributed by atoms with E-state index < -0.39 is 71.8 Å². The van der Waals surface area contributed by atoms with Gasteiger partial charge in [-0.3, -0.25) is 29.4 Å². The summed E-state index contributed by atoms with van der Waals surface area (Å²) in [6.45, 7) is 1.59. The summed E-state index contributed by atoms with van der Waals surface area (Å²) in [7, 11) is 0. The molecule has 0 saturated carbocycles. The van der Waals surface area contributed by atoms with Gasteiger partial charge < -0.3 is 53.5 Å². The molecule has 1 heterocycles. The summed E-state index contributed by atoms with van der Waals surface area (Å²) in [5.74, 6) is -5.18. The number of nitrogens with two attached hydrogens (primary N) is 2. The van der Waals surface area contributed by atoms with Gasteiger partial charge in [0, 0.05) is 37.8 Å². The lowest BCUT2D eigenvalue weighted by molar-refractivity contribution is -0.142. The summed E-state index contributed by atoms with van der Waals surface area (Å²) in [5, 5.41) is 35.2. The number of H-pyrrole nitrogens is 1. The second kappa shape index (κ2) is 22.5. The summed E-state index contributed by atoms with van der Waals surface area (Å²) >= 11 is 4.01. The van der Waals surface area contributed by atoms with Gasteiger partial charge in [-0.1, -0.05) is 72.8 Å². The maximum atomic E-state index is 14.2. The monoisotopic (exact) mass is 829 g/mol. The Morgan fingerprint density at radius 1 is 0.746 bits per heavy atom. The number of fused-ring (bicyclic) bond motifs is 1. The van der Waals surface area contributed by atoms with Gasteiger partial charge >= 0.3 is 5.97 Å². The summed E-state index contributed by atoms with van der Waals surface area (Å²) in [6, 6.07) is 14.6. The lowest BCUT2D eigenvalue weighted by Crippen LogP contribution is -2.60. The van der Waals surface area contributed by atoms with Gasteiger partial charge in [0.05, 0.1) is 18.1 Å². The number of carboxylic acid groups (broad SMARTS) is 1. The largest absolute Gasteiger partial charge is 0.480 e. The van der Waals surface area contributed by atoms with E-state index in [9.17, 15) is 33.9 Å². The number of hydrogen-bond donors (Lipinski definition) is 12. The van der Waals surface area contributed by atoms with Gasteiger partial charge in [-0.05, 0) is 41.7 Å². The van der Waals surface area contributed by atoms with Gasteiger partial charge in [0.1, 0.15) is 30.2 Å². The molecule has 0 fully saturated rings. The van der Waals surface area contributed by atoms with Gasteiger partial charge in [0.25, 0.3) is 0 Å². The number of imidazole rings is 1. The molecule has 0 aliphatic carbocycles. The molecule has 0 aliphatic rings. The van der Waals surface area contributed by atoms with Crippen molar-refractivity contribution in [3.8, 4) is 0 Å². The van der Waals surface area contributed by atoms with E-state index in [4.69, 9.17) is 16.9 Å². The molecule has 13 N–H and O–H groups in total. The molecule has 0 unspecified atom stereocenters. The quantitative estimate of drug-likeness (QED) is 0.0210. The van der Waals surface area contributed by atoms with Crippen molar-refractivity contribution in [2.24, 2.45) is 11.5 Å². The van der Waals surface area contributed by atoms with Crippen LogP contribution in [0.5, 0.6) is 0 Å². The van der Waals surface area contributed by atoms with Crippen LogP contribution in [0.1, 0.15) is 36.6 Å². The molecular formula is C40H51N11O7S. The molecular weight excluding hydrogens is 779 g/mol. The average molecular weight is 830 g/mol. The van der Waals surface area contributed by atoms with E-state index in [1.54, 1.807) is 36.4 Å². The Morgan fingerprint density at radius 3 is 1.98 bits per heavy atom. The van der Waals surface area contributed by atoms with Gasteiger partial charge in [-0.15, -0.1) is 0 Å². The highest BCUT2D eigenvalue weighted by Gasteiger charge is 2.33. The fourth-order valence-corrected chi connectivity index (χ4v) is 6.23. The van der Waals surface area contributed by atoms with Crippen LogP contribution >= 0.6 is 12.6 Å². The van der Waals surface area contributed by atoms with E-state index in [-0.39, 0.29) is 50.4 Å². The van der Waals surface area contributed by atoms with Crippen molar-refractivity contribution in [1.82, 2.24) is 41.9 Å². The van der Waals surface area contributed by atoms with E-state index in [1.165, 1.54) is 19.4 Å². The van der Waals surface area contributed by atoms with Crippen LogP contribution in [0.15, 0.2) is 85.3 Å². The van der Waals surface area contributed by atoms with Crippen LogP contribution < -0.4 is 43.4 Å². The number of thiol groups is 1. The zero-order chi connectivity index (χ0) is 42.9. The van der Waals surface area contributed by atoms with Crippen LogP contribution in [-0.4, -0.2) is 105 Å². The van der Waals surface area contributed by atoms with Gasteiger partial charge in [-0.25, -0.2) is 9.78 Å². The third kappa shape index (κ3) is 14.5. The molecule has 6 atom stereocenters. The number of nitrogens with zero attached hydrogens (tertiary/aromatic N) is 1. The third-order valence-electron chi connectivity index (χ3n) is 9.29. The SMILES string of the molecule is C[C@@H](NC(=O)[C@@H](N)CS)C(=O)N[C@@H](Cc1c[nH]cn1)C(=O)N[C@H](Cc1ccccc1)C(=O)N[C@@H](CCCNC(=N)N)C(=O)N[C@@H](Cc1ccc2ccccc2c1)C(=O)O. The molecule has 3 aromatic carbocycles. The van der Waals surface area contributed by atoms with Crippen molar-refractivity contribution in [3.05, 3.63) is 102 Å². The zero-order valence-electron chi connectivity index (χ0n) is 32.4. The van der Waals surface area contributed by atoms with Gasteiger partial charge in [0.2, 0.25) is 29.5 Å². The Hall–Kier alpha value is -6.47. The van der Waals surface area contributed by atoms with Crippen LogP contribution in [-0.2, 0) is 48.0 Å². The average Bonchev–Trinajstić information content (AvgIpc) is 3.74. The first-order valence-electron chi connectivity index (χ1n) is 18.9. The fourth-order valence-electron chi connectivity index (χ4n) is 6.06. The third-order valence-corrected chi connectivity index (χ3v) is 9.68. The van der Waals surface area contributed by atoms with Crippen molar-refractivity contribution in [1.29, 1.82) is 5.41 Å². The van der Waals surface area contributed by atoms with Crippen LogP contribution in [0.2, 0.25) is 0 Å². The number of rotatable bonds is 22. The van der Waals surface area contributed by atoms with Crippen LogP contribution in [0.3, 0.4) is 0 Å². The van der Waals surface area contributed by atoms with Crippen LogP contribution in [0, 0.1) is 5.41 Å². The number of aliphatic carboxylic acids is 1. The normalized spacial score (nSPS) is 14.0. The highest BCUT2D eigenvalue weighted by Crippen LogP contribution is 2.17. The number of carbonyl (C=O) groups is 6. The van der Waals surface area contributed by atoms with Crippen molar-refractivity contribution in [2.45, 2.75) is 75.3 Å². The van der Waals surface area contributed by atoms with E-state index >= 15 is 0 Å². The van der Waals surface area contributed by atoms with Crippen molar-refractivity contribution in [3.63, 3.8) is 0 Å². The Labute approximate surface area is 346 Å². The van der Waals surface area contributed by atoms with Crippen molar-refractivity contribution in [2.75, 3.05) is 12.3 Å². The maximum Gasteiger partial charge on any atom is 0.326 e. The molecule has 1 aromatic heterocycles.